The molecule has 2 aliphatic rings. The van der Waals surface area contributed by atoms with Gasteiger partial charge in [-0.1, -0.05) is 26.7 Å². The molecule has 1 aliphatic carbocycles. The van der Waals surface area contributed by atoms with Gasteiger partial charge in [0.2, 0.25) is 5.91 Å². The molecule has 4 unspecified atom stereocenters. The van der Waals surface area contributed by atoms with Gasteiger partial charge in [-0.15, -0.1) is 0 Å². The normalized spacial score (nSPS) is 30.5. The lowest BCUT2D eigenvalue weighted by atomic mass is 9.77. The highest BCUT2D eigenvalue weighted by molar-refractivity contribution is 5.87. The van der Waals surface area contributed by atoms with E-state index in [1.165, 1.54) is 19.3 Å². The van der Waals surface area contributed by atoms with Gasteiger partial charge in [-0.05, 0) is 43.9 Å². The molecule has 0 bridgehead atoms. The number of carbonyl (C=O) groups is 2. The van der Waals surface area contributed by atoms with Crippen LogP contribution in [0.3, 0.4) is 0 Å². The zero-order valence-corrected chi connectivity index (χ0v) is 13.1. The average molecular weight is 296 g/mol. The molecule has 2 fully saturated rings. The maximum atomic E-state index is 12.3. The Kier molecular flexibility index (Phi) is 5.62. The monoisotopic (exact) mass is 296 g/mol. The Balaban J connectivity index is 1.88. The number of piperidine rings is 1. The van der Waals surface area contributed by atoms with Gasteiger partial charge in [0.25, 0.3) is 0 Å². The zero-order chi connectivity index (χ0) is 15.4. The predicted octanol–water partition coefficient (Wildman–Crippen LogP) is 1.91. The number of amides is 1. The molecule has 0 aromatic carbocycles. The van der Waals surface area contributed by atoms with Gasteiger partial charge in [-0.25, -0.2) is 4.79 Å². The number of carboxylic acids is 1. The lowest BCUT2D eigenvalue weighted by Crippen LogP contribution is -2.57. The second kappa shape index (κ2) is 7.25. The van der Waals surface area contributed by atoms with Gasteiger partial charge >= 0.3 is 5.97 Å². The first kappa shape index (κ1) is 16.3. The summed E-state index contributed by atoms with van der Waals surface area (Å²) in [6.45, 7) is 3.93. The third kappa shape index (κ3) is 4.43. The van der Waals surface area contributed by atoms with Gasteiger partial charge in [-0.2, -0.15) is 0 Å². The first-order valence-electron chi connectivity index (χ1n) is 8.26. The van der Waals surface area contributed by atoms with Crippen LogP contribution in [0.5, 0.6) is 0 Å². The molecule has 21 heavy (non-hydrogen) atoms. The number of carbonyl (C=O) groups excluding carboxylic acids is 1. The number of hydrogen-bond acceptors (Lipinski definition) is 3. The van der Waals surface area contributed by atoms with Crippen LogP contribution in [0.4, 0.5) is 0 Å². The molecule has 2 rings (SSSR count). The van der Waals surface area contributed by atoms with Crippen molar-refractivity contribution in [1.82, 2.24) is 10.6 Å². The minimum atomic E-state index is -0.941. The number of nitrogens with one attached hydrogen (secondary N) is 2. The van der Waals surface area contributed by atoms with Gasteiger partial charge in [0, 0.05) is 6.04 Å². The molecule has 0 aromatic heterocycles. The van der Waals surface area contributed by atoms with Crippen LogP contribution in [0.15, 0.2) is 0 Å². The number of aliphatic carboxylic acids is 1. The number of fused-ring (bicyclic) bond motifs is 1. The third-order valence-corrected chi connectivity index (χ3v) is 4.79. The molecule has 1 saturated heterocycles. The molecule has 3 N–H and O–H groups in total. The third-order valence-electron chi connectivity index (χ3n) is 4.79. The molecule has 1 heterocycles. The van der Waals surface area contributed by atoms with Gasteiger partial charge in [0.05, 0.1) is 6.04 Å². The van der Waals surface area contributed by atoms with Crippen LogP contribution in [0.1, 0.15) is 58.8 Å². The summed E-state index contributed by atoms with van der Waals surface area (Å²) >= 11 is 0. The van der Waals surface area contributed by atoms with Crippen LogP contribution in [0.2, 0.25) is 0 Å². The lowest BCUT2D eigenvalue weighted by Gasteiger charge is -2.40. The van der Waals surface area contributed by atoms with E-state index in [9.17, 15) is 14.7 Å². The largest absolute Gasteiger partial charge is 0.480 e. The highest BCUT2D eigenvalue weighted by Gasteiger charge is 2.35. The van der Waals surface area contributed by atoms with Crippen molar-refractivity contribution in [2.75, 3.05) is 0 Å². The molecule has 1 saturated carbocycles. The standard InChI is InChI=1S/C16H28N2O3/c1-10(2)9-14(16(20)21)18-15(19)13-8-7-11-5-3-4-6-12(11)17-13/h10-14,17H,3-9H2,1-2H3,(H,18,19)(H,20,21). The molecule has 0 aromatic rings. The number of hydrogen-bond donors (Lipinski definition) is 3. The maximum absolute atomic E-state index is 12.3. The Morgan fingerprint density at radius 1 is 1.19 bits per heavy atom. The summed E-state index contributed by atoms with van der Waals surface area (Å²) in [5.41, 5.74) is 0. The van der Waals surface area contributed by atoms with E-state index >= 15 is 0 Å². The molecule has 4 atom stereocenters. The Bertz CT molecular complexity index is 384. The SMILES string of the molecule is CC(C)CC(NC(=O)C1CCC2CCCCC2N1)C(=O)O. The van der Waals surface area contributed by atoms with Crippen molar-refractivity contribution in [2.24, 2.45) is 11.8 Å². The van der Waals surface area contributed by atoms with Crippen molar-refractivity contribution < 1.29 is 14.7 Å². The molecular formula is C16H28N2O3. The highest BCUT2D eigenvalue weighted by atomic mass is 16.4. The van der Waals surface area contributed by atoms with Crippen LogP contribution in [0.25, 0.3) is 0 Å². The van der Waals surface area contributed by atoms with Gasteiger partial charge in [0.1, 0.15) is 6.04 Å². The average Bonchev–Trinajstić information content (AvgIpc) is 2.45. The minimum Gasteiger partial charge on any atom is -0.480 e. The van der Waals surface area contributed by atoms with Crippen LogP contribution < -0.4 is 10.6 Å². The van der Waals surface area contributed by atoms with Gasteiger partial charge < -0.3 is 15.7 Å². The highest BCUT2D eigenvalue weighted by Crippen LogP contribution is 2.32. The Morgan fingerprint density at radius 2 is 1.90 bits per heavy atom. The summed E-state index contributed by atoms with van der Waals surface area (Å²) in [6.07, 6.45) is 7.31. The van der Waals surface area contributed by atoms with Crippen molar-refractivity contribution in [3.8, 4) is 0 Å². The quantitative estimate of drug-likeness (QED) is 0.724. The van der Waals surface area contributed by atoms with Crippen LogP contribution >= 0.6 is 0 Å². The maximum Gasteiger partial charge on any atom is 0.326 e. The minimum absolute atomic E-state index is 0.146. The molecule has 1 amide bonds. The molecular weight excluding hydrogens is 268 g/mol. The predicted molar refractivity (Wildman–Crippen MR) is 80.9 cm³/mol. The van der Waals surface area contributed by atoms with Crippen molar-refractivity contribution in [3.05, 3.63) is 0 Å². The van der Waals surface area contributed by atoms with Crippen molar-refractivity contribution in [3.63, 3.8) is 0 Å². The van der Waals surface area contributed by atoms with Crippen LogP contribution in [-0.4, -0.2) is 35.1 Å². The van der Waals surface area contributed by atoms with Crippen molar-refractivity contribution >= 4 is 11.9 Å². The van der Waals surface area contributed by atoms with E-state index in [1.54, 1.807) is 0 Å². The molecule has 1 aliphatic heterocycles. The molecule has 120 valence electrons. The van der Waals surface area contributed by atoms with E-state index in [0.717, 1.165) is 19.3 Å². The zero-order valence-electron chi connectivity index (χ0n) is 13.1. The fourth-order valence-corrected chi connectivity index (χ4v) is 3.67. The van der Waals surface area contributed by atoms with E-state index in [0.29, 0.717) is 18.4 Å². The fraction of sp³-hybridized carbons (Fsp3) is 0.875. The summed E-state index contributed by atoms with van der Waals surface area (Å²) in [6, 6.07) is -0.557. The lowest BCUT2D eigenvalue weighted by molar-refractivity contribution is -0.142. The summed E-state index contributed by atoms with van der Waals surface area (Å²) in [4.78, 5) is 23.6. The van der Waals surface area contributed by atoms with E-state index in [4.69, 9.17) is 0 Å². The van der Waals surface area contributed by atoms with E-state index < -0.39 is 12.0 Å². The van der Waals surface area contributed by atoms with E-state index in [1.807, 2.05) is 13.8 Å². The van der Waals surface area contributed by atoms with Gasteiger partial charge in [-0.3, -0.25) is 4.79 Å². The summed E-state index contributed by atoms with van der Waals surface area (Å²) in [5.74, 6) is -0.141. The summed E-state index contributed by atoms with van der Waals surface area (Å²) < 4.78 is 0. The van der Waals surface area contributed by atoms with Crippen molar-refractivity contribution in [2.45, 2.75) is 76.9 Å². The topological polar surface area (TPSA) is 78.4 Å². The van der Waals surface area contributed by atoms with E-state index in [-0.39, 0.29) is 17.9 Å². The number of rotatable bonds is 5. The van der Waals surface area contributed by atoms with Gasteiger partial charge in [0.15, 0.2) is 0 Å². The van der Waals surface area contributed by atoms with Crippen LogP contribution in [0, 0.1) is 11.8 Å². The second-order valence-corrected chi connectivity index (χ2v) is 6.98. The first-order chi connectivity index (χ1) is 9.97. The Morgan fingerprint density at radius 3 is 2.57 bits per heavy atom. The fourth-order valence-electron chi connectivity index (χ4n) is 3.67. The first-order valence-corrected chi connectivity index (χ1v) is 8.26. The summed E-state index contributed by atoms with van der Waals surface area (Å²) in [5, 5.41) is 15.4. The number of carboxylic acid groups (broad SMARTS) is 1. The summed E-state index contributed by atoms with van der Waals surface area (Å²) in [7, 11) is 0. The Hall–Kier alpha value is -1.10. The second-order valence-electron chi connectivity index (χ2n) is 6.98. The molecule has 0 radical (unpaired) electrons. The molecule has 0 spiro atoms. The van der Waals surface area contributed by atoms with E-state index in [2.05, 4.69) is 10.6 Å². The smallest absolute Gasteiger partial charge is 0.326 e. The Labute approximate surface area is 126 Å². The van der Waals surface area contributed by atoms with Crippen LogP contribution in [-0.2, 0) is 9.59 Å². The molecule has 5 nitrogen and oxygen atoms in total. The van der Waals surface area contributed by atoms with Crippen molar-refractivity contribution in [1.29, 1.82) is 0 Å². The molecule has 5 heteroatoms.